The molecular weight excluding hydrogens is 358 g/mol. The van der Waals surface area contributed by atoms with E-state index in [1.54, 1.807) is 6.92 Å². The number of carbonyl (C=O) groups excluding carboxylic acids is 1. The monoisotopic (exact) mass is 375 g/mol. The number of aryl methyl sites for hydroxylation is 2. The number of nitrogens with one attached hydrogen (secondary N) is 2. The molecule has 0 unspecified atom stereocenters. The van der Waals surface area contributed by atoms with E-state index in [2.05, 4.69) is 15.3 Å². The van der Waals surface area contributed by atoms with E-state index in [0.29, 0.717) is 32.2 Å². The summed E-state index contributed by atoms with van der Waals surface area (Å²) in [6, 6.07) is 17.0. The van der Waals surface area contributed by atoms with Gasteiger partial charge in [0, 0.05) is 11.3 Å². The van der Waals surface area contributed by atoms with Crippen molar-refractivity contribution in [1.29, 1.82) is 0 Å². The summed E-state index contributed by atoms with van der Waals surface area (Å²) in [5.74, 6) is 0.266. The van der Waals surface area contributed by atoms with Gasteiger partial charge in [-0.05, 0) is 31.5 Å². The molecule has 0 radical (unpaired) electrons. The highest BCUT2D eigenvalue weighted by Crippen LogP contribution is 2.29. The fourth-order valence-electron chi connectivity index (χ4n) is 2.92. The molecule has 0 bridgehead atoms. The highest BCUT2D eigenvalue weighted by atomic mass is 32.1. The Bertz CT molecular complexity index is 1190. The molecule has 0 saturated heterocycles. The van der Waals surface area contributed by atoms with Crippen molar-refractivity contribution in [3.8, 4) is 11.4 Å². The van der Waals surface area contributed by atoms with Crippen molar-refractivity contribution in [2.45, 2.75) is 13.8 Å². The van der Waals surface area contributed by atoms with Gasteiger partial charge in [0.2, 0.25) is 0 Å². The van der Waals surface area contributed by atoms with Gasteiger partial charge in [-0.3, -0.25) is 9.59 Å². The molecule has 5 nitrogen and oxygen atoms in total. The summed E-state index contributed by atoms with van der Waals surface area (Å²) in [5, 5.41) is 3.33. The number of thiophene rings is 1. The van der Waals surface area contributed by atoms with Gasteiger partial charge < -0.3 is 10.3 Å². The molecule has 4 aromatic rings. The minimum Gasteiger partial charge on any atom is -0.321 e. The average molecular weight is 375 g/mol. The minimum atomic E-state index is -0.238. The maximum absolute atomic E-state index is 12.7. The van der Waals surface area contributed by atoms with E-state index in [-0.39, 0.29) is 11.5 Å². The van der Waals surface area contributed by atoms with Crippen LogP contribution in [-0.2, 0) is 0 Å². The van der Waals surface area contributed by atoms with Crippen LogP contribution in [0.4, 0.5) is 5.69 Å². The molecule has 134 valence electrons. The van der Waals surface area contributed by atoms with Gasteiger partial charge in [0.05, 0.1) is 10.3 Å². The third-order valence-electron chi connectivity index (χ3n) is 4.36. The molecule has 27 heavy (non-hydrogen) atoms. The standard InChI is InChI=1S/C21H17N3O2S/c1-12-8-10-14(11-9-12)18-23-19(25)16-13(2)17(27-21(16)24-18)20(26)22-15-6-4-3-5-7-15/h3-11H,1-2H3,(H,22,26)(H,23,24,25). The van der Waals surface area contributed by atoms with E-state index in [1.807, 2.05) is 61.5 Å². The number of carbonyl (C=O) groups is 1. The Morgan fingerprint density at radius 3 is 2.44 bits per heavy atom. The number of hydrogen-bond acceptors (Lipinski definition) is 4. The van der Waals surface area contributed by atoms with Gasteiger partial charge in [-0.2, -0.15) is 0 Å². The van der Waals surface area contributed by atoms with Gasteiger partial charge in [0.15, 0.2) is 0 Å². The van der Waals surface area contributed by atoms with Crippen LogP contribution in [0.3, 0.4) is 0 Å². The Balaban J connectivity index is 1.77. The first-order chi connectivity index (χ1) is 13.0. The Morgan fingerprint density at radius 1 is 1.04 bits per heavy atom. The molecule has 2 heterocycles. The SMILES string of the molecule is Cc1ccc(-c2nc3sc(C(=O)Nc4ccccc4)c(C)c3c(=O)[nH]2)cc1. The van der Waals surface area contributed by atoms with Crippen LogP contribution in [0.15, 0.2) is 59.4 Å². The molecule has 0 aliphatic heterocycles. The third-order valence-corrected chi connectivity index (χ3v) is 5.55. The summed E-state index contributed by atoms with van der Waals surface area (Å²) in [5.41, 5.74) is 3.09. The zero-order chi connectivity index (χ0) is 19.0. The van der Waals surface area contributed by atoms with Crippen molar-refractivity contribution in [1.82, 2.24) is 9.97 Å². The molecule has 2 aromatic heterocycles. The van der Waals surface area contributed by atoms with Gasteiger partial charge in [0.1, 0.15) is 10.7 Å². The second-order valence-electron chi connectivity index (χ2n) is 6.34. The maximum atomic E-state index is 12.7. The van der Waals surface area contributed by atoms with Crippen LogP contribution in [0, 0.1) is 13.8 Å². The van der Waals surface area contributed by atoms with Gasteiger partial charge in [-0.15, -0.1) is 11.3 Å². The van der Waals surface area contributed by atoms with Crippen LogP contribution in [0.5, 0.6) is 0 Å². The molecule has 2 aromatic carbocycles. The Hall–Kier alpha value is -3.25. The predicted molar refractivity (Wildman–Crippen MR) is 110 cm³/mol. The second kappa shape index (κ2) is 6.81. The highest BCUT2D eigenvalue weighted by Gasteiger charge is 2.19. The molecule has 0 atom stereocenters. The lowest BCUT2D eigenvalue weighted by Gasteiger charge is -2.03. The summed E-state index contributed by atoms with van der Waals surface area (Å²) in [6.45, 7) is 3.78. The van der Waals surface area contributed by atoms with Crippen molar-refractivity contribution in [3.63, 3.8) is 0 Å². The van der Waals surface area contributed by atoms with Gasteiger partial charge in [-0.25, -0.2) is 4.98 Å². The molecule has 1 amide bonds. The van der Waals surface area contributed by atoms with Crippen LogP contribution < -0.4 is 10.9 Å². The molecule has 0 spiro atoms. The lowest BCUT2D eigenvalue weighted by atomic mass is 10.1. The van der Waals surface area contributed by atoms with E-state index < -0.39 is 0 Å². The lowest BCUT2D eigenvalue weighted by molar-refractivity contribution is 0.103. The average Bonchev–Trinajstić information content (AvgIpc) is 3.00. The number of para-hydroxylation sites is 1. The first kappa shape index (κ1) is 17.2. The topological polar surface area (TPSA) is 74.8 Å². The number of amides is 1. The first-order valence-electron chi connectivity index (χ1n) is 8.50. The van der Waals surface area contributed by atoms with Crippen molar-refractivity contribution in [2.75, 3.05) is 5.32 Å². The number of aromatic amines is 1. The first-order valence-corrected chi connectivity index (χ1v) is 9.31. The van der Waals surface area contributed by atoms with Crippen LogP contribution in [0.1, 0.15) is 20.8 Å². The molecule has 2 N–H and O–H groups in total. The molecular formula is C21H17N3O2S. The summed E-state index contributed by atoms with van der Waals surface area (Å²) in [4.78, 5) is 33.8. The van der Waals surface area contributed by atoms with Gasteiger partial charge in [-0.1, -0.05) is 48.0 Å². The summed E-state index contributed by atoms with van der Waals surface area (Å²) in [6.07, 6.45) is 0. The van der Waals surface area contributed by atoms with Gasteiger partial charge >= 0.3 is 0 Å². The van der Waals surface area contributed by atoms with Crippen LogP contribution in [0.25, 0.3) is 21.6 Å². The number of hydrogen-bond donors (Lipinski definition) is 2. The summed E-state index contributed by atoms with van der Waals surface area (Å²) in [7, 11) is 0. The Morgan fingerprint density at radius 2 is 1.74 bits per heavy atom. The highest BCUT2D eigenvalue weighted by molar-refractivity contribution is 7.20. The smallest absolute Gasteiger partial charge is 0.266 e. The van der Waals surface area contributed by atoms with Crippen molar-refractivity contribution < 1.29 is 4.79 Å². The van der Waals surface area contributed by atoms with Crippen LogP contribution >= 0.6 is 11.3 Å². The van der Waals surface area contributed by atoms with E-state index in [1.165, 1.54) is 11.3 Å². The van der Waals surface area contributed by atoms with E-state index in [4.69, 9.17) is 0 Å². The Kier molecular flexibility index (Phi) is 4.33. The predicted octanol–water partition coefficient (Wildman–Crippen LogP) is 4.52. The normalized spacial score (nSPS) is 10.9. The summed E-state index contributed by atoms with van der Waals surface area (Å²) >= 11 is 1.23. The second-order valence-corrected chi connectivity index (χ2v) is 7.34. The number of rotatable bonds is 3. The van der Waals surface area contributed by atoms with Gasteiger partial charge in [0.25, 0.3) is 11.5 Å². The fraction of sp³-hybridized carbons (Fsp3) is 0.0952. The van der Waals surface area contributed by atoms with Crippen molar-refractivity contribution in [2.24, 2.45) is 0 Å². The molecule has 4 rings (SSSR count). The molecule has 0 saturated carbocycles. The quantitative estimate of drug-likeness (QED) is 0.553. The lowest BCUT2D eigenvalue weighted by Crippen LogP contribution is -2.12. The van der Waals surface area contributed by atoms with Crippen LogP contribution in [-0.4, -0.2) is 15.9 Å². The number of aromatic nitrogens is 2. The molecule has 0 aliphatic rings. The number of anilines is 1. The van der Waals surface area contributed by atoms with Crippen LogP contribution in [0.2, 0.25) is 0 Å². The Labute approximate surface area is 159 Å². The number of fused-ring (bicyclic) bond motifs is 1. The third kappa shape index (κ3) is 3.27. The number of nitrogens with zero attached hydrogens (tertiary/aromatic N) is 1. The zero-order valence-corrected chi connectivity index (χ0v) is 15.7. The van der Waals surface area contributed by atoms with E-state index >= 15 is 0 Å². The fourth-order valence-corrected chi connectivity index (χ4v) is 4.00. The largest absolute Gasteiger partial charge is 0.321 e. The summed E-state index contributed by atoms with van der Waals surface area (Å²) < 4.78 is 0. The van der Waals surface area contributed by atoms with E-state index in [9.17, 15) is 9.59 Å². The molecule has 6 heteroatoms. The molecule has 0 fully saturated rings. The van der Waals surface area contributed by atoms with Crippen molar-refractivity contribution >= 4 is 33.1 Å². The van der Waals surface area contributed by atoms with E-state index in [0.717, 1.165) is 11.1 Å². The zero-order valence-electron chi connectivity index (χ0n) is 14.9. The van der Waals surface area contributed by atoms with Crippen molar-refractivity contribution in [3.05, 3.63) is 81.0 Å². The maximum Gasteiger partial charge on any atom is 0.266 e. The minimum absolute atomic E-state index is 0.233. The number of H-pyrrole nitrogens is 1. The number of benzene rings is 2. The molecule has 0 aliphatic carbocycles.